The maximum absolute atomic E-state index is 11.7. The fraction of sp³-hybridized carbons (Fsp3) is 0.600. The second kappa shape index (κ2) is 8.33. The molecule has 1 unspecified atom stereocenters. The van der Waals surface area contributed by atoms with Gasteiger partial charge in [-0.05, 0) is 12.0 Å². The second-order valence-electron chi connectivity index (χ2n) is 5.04. The third-order valence-electron chi connectivity index (χ3n) is 3.39. The minimum Gasteiger partial charge on any atom is -0.228 e. The molecule has 0 fully saturated rings. The van der Waals surface area contributed by atoms with Crippen molar-refractivity contribution in [2.45, 2.75) is 57.1 Å². The molecule has 0 saturated heterocycles. The largest absolute Gasteiger partial charge is 0.228 e. The lowest BCUT2D eigenvalue weighted by atomic mass is 10.0. The van der Waals surface area contributed by atoms with E-state index in [0.29, 0.717) is 6.42 Å². The number of hydrogen-bond acceptors (Lipinski definition) is 2. The highest BCUT2D eigenvalue weighted by Gasteiger charge is 2.22. The van der Waals surface area contributed by atoms with Crippen LogP contribution in [0, 0.1) is 0 Å². The van der Waals surface area contributed by atoms with Crippen molar-refractivity contribution >= 4 is 10.0 Å². The molecule has 4 heteroatoms. The number of sulfonamides is 1. The molecule has 1 rings (SSSR count). The van der Waals surface area contributed by atoms with Gasteiger partial charge in [-0.15, -0.1) is 0 Å². The van der Waals surface area contributed by atoms with Gasteiger partial charge in [-0.3, -0.25) is 0 Å². The van der Waals surface area contributed by atoms with Crippen LogP contribution in [0.2, 0.25) is 0 Å². The molecule has 0 saturated carbocycles. The van der Waals surface area contributed by atoms with Crippen LogP contribution in [0.1, 0.15) is 62.7 Å². The molecule has 0 bridgehead atoms. The van der Waals surface area contributed by atoms with Crippen LogP contribution >= 0.6 is 0 Å². The van der Waals surface area contributed by atoms with E-state index < -0.39 is 15.3 Å². The highest BCUT2D eigenvalue weighted by Crippen LogP contribution is 2.26. The van der Waals surface area contributed by atoms with E-state index in [-0.39, 0.29) is 0 Å². The molecule has 19 heavy (non-hydrogen) atoms. The fourth-order valence-corrected chi connectivity index (χ4v) is 3.33. The van der Waals surface area contributed by atoms with Crippen LogP contribution in [0.3, 0.4) is 0 Å². The van der Waals surface area contributed by atoms with E-state index in [1.165, 1.54) is 25.7 Å². The molecule has 0 aliphatic heterocycles. The van der Waals surface area contributed by atoms with Crippen LogP contribution < -0.4 is 5.14 Å². The van der Waals surface area contributed by atoms with E-state index in [0.717, 1.165) is 18.4 Å². The zero-order valence-electron chi connectivity index (χ0n) is 11.7. The Kier molecular flexibility index (Phi) is 7.10. The summed E-state index contributed by atoms with van der Waals surface area (Å²) in [5, 5.41) is 4.79. The maximum Gasteiger partial charge on any atom is 0.216 e. The summed E-state index contributed by atoms with van der Waals surface area (Å²) >= 11 is 0. The first-order chi connectivity index (χ1) is 9.05. The predicted molar refractivity (Wildman–Crippen MR) is 80.3 cm³/mol. The predicted octanol–water partition coefficient (Wildman–Crippen LogP) is 3.77. The van der Waals surface area contributed by atoms with Gasteiger partial charge in [0.25, 0.3) is 0 Å². The van der Waals surface area contributed by atoms with E-state index in [1.54, 1.807) is 0 Å². The molecule has 0 radical (unpaired) electrons. The lowest BCUT2D eigenvalue weighted by Crippen LogP contribution is -2.21. The van der Waals surface area contributed by atoms with Gasteiger partial charge in [-0.2, -0.15) is 0 Å². The Morgan fingerprint density at radius 2 is 1.58 bits per heavy atom. The first-order valence-corrected chi connectivity index (χ1v) is 8.73. The smallest absolute Gasteiger partial charge is 0.216 e. The average Bonchev–Trinajstić information content (AvgIpc) is 2.37. The molecular weight excluding hydrogens is 258 g/mol. The van der Waals surface area contributed by atoms with Gasteiger partial charge in [-0.1, -0.05) is 75.8 Å². The zero-order chi connectivity index (χ0) is 14.1. The van der Waals surface area contributed by atoms with Crippen molar-refractivity contribution in [2.24, 2.45) is 5.14 Å². The monoisotopic (exact) mass is 283 g/mol. The minimum atomic E-state index is -3.52. The first kappa shape index (κ1) is 16.2. The van der Waals surface area contributed by atoms with Crippen molar-refractivity contribution < 1.29 is 8.42 Å². The van der Waals surface area contributed by atoms with Gasteiger partial charge < -0.3 is 0 Å². The van der Waals surface area contributed by atoms with Gasteiger partial charge in [0.1, 0.15) is 5.25 Å². The molecule has 1 atom stereocenters. The van der Waals surface area contributed by atoms with Crippen LogP contribution in [0.15, 0.2) is 30.3 Å². The molecule has 1 aromatic carbocycles. The Balaban J connectivity index is 2.49. The van der Waals surface area contributed by atoms with E-state index in [9.17, 15) is 8.42 Å². The summed E-state index contributed by atoms with van der Waals surface area (Å²) in [7, 11) is -3.52. The summed E-state index contributed by atoms with van der Waals surface area (Å²) in [6.45, 7) is 2.19. The normalized spacial score (nSPS) is 13.4. The fourth-order valence-electron chi connectivity index (χ4n) is 2.30. The third-order valence-corrected chi connectivity index (χ3v) is 4.69. The number of hydrogen-bond donors (Lipinski definition) is 1. The Labute approximate surface area is 117 Å². The van der Waals surface area contributed by atoms with Crippen molar-refractivity contribution in [2.75, 3.05) is 0 Å². The number of nitrogens with two attached hydrogens (primary N) is 1. The Hall–Kier alpha value is -0.870. The van der Waals surface area contributed by atoms with Crippen LogP contribution in [-0.4, -0.2) is 8.42 Å². The molecule has 0 aromatic heterocycles. The SMILES string of the molecule is CCCCCCCCC(c1ccccc1)S(N)(=O)=O. The van der Waals surface area contributed by atoms with Gasteiger partial charge >= 0.3 is 0 Å². The molecule has 0 aliphatic carbocycles. The topological polar surface area (TPSA) is 60.2 Å². The number of unbranched alkanes of at least 4 members (excludes halogenated alkanes) is 5. The van der Waals surface area contributed by atoms with Crippen molar-refractivity contribution in [1.82, 2.24) is 0 Å². The van der Waals surface area contributed by atoms with Gasteiger partial charge in [0.2, 0.25) is 10.0 Å². The lowest BCUT2D eigenvalue weighted by Gasteiger charge is -2.15. The zero-order valence-corrected chi connectivity index (χ0v) is 12.5. The molecule has 0 amide bonds. The molecule has 0 spiro atoms. The number of benzene rings is 1. The van der Waals surface area contributed by atoms with Crippen LogP contribution in [0.4, 0.5) is 0 Å². The Bertz CT molecular complexity index is 442. The molecule has 3 nitrogen and oxygen atoms in total. The molecular formula is C15H25NO2S. The Morgan fingerprint density at radius 1 is 1.00 bits per heavy atom. The van der Waals surface area contributed by atoms with Crippen molar-refractivity contribution in [3.63, 3.8) is 0 Å². The number of rotatable bonds is 9. The summed E-state index contributed by atoms with van der Waals surface area (Å²) < 4.78 is 23.4. The summed E-state index contributed by atoms with van der Waals surface area (Å²) in [6, 6.07) is 9.27. The molecule has 0 heterocycles. The van der Waals surface area contributed by atoms with E-state index in [2.05, 4.69) is 6.92 Å². The Morgan fingerprint density at radius 3 is 2.16 bits per heavy atom. The number of primary sulfonamides is 1. The first-order valence-electron chi connectivity index (χ1n) is 7.12. The van der Waals surface area contributed by atoms with Crippen molar-refractivity contribution in [3.8, 4) is 0 Å². The average molecular weight is 283 g/mol. The summed E-state index contributed by atoms with van der Waals surface area (Å²) in [5.41, 5.74) is 0.804. The molecule has 0 aliphatic rings. The van der Waals surface area contributed by atoms with Gasteiger partial charge in [0.15, 0.2) is 0 Å². The van der Waals surface area contributed by atoms with Gasteiger partial charge in [0, 0.05) is 0 Å². The van der Waals surface area contributed by atoms with Crippen LogP contribution in [-0.2, 0) is 10.0 Å². The molecule has 2 N–H and O–H groups in total. The quantitative estimate of drug-likeness (QED) is 0.701. The second-order valence-corrected chi connectivity index (χ2v) is 6.79. The highest BCUT2D eigenvalue weighted by molar-refractivity contribution is 7.89. The molecule has 1 aromatic rings. The minimum absolute atomic E-state index is 0.556. The van der Waals surface area contributed by atoms with E-state index in [1.807, 2.05) is 30.3 Å². The standard InChI is InChI=1S/C15H25NO2S/c1-2-3-4-5-6-10-13-15(19(16,17)18)14-11-8-7-9-12-14/h7-9,11-12,15H,2-6,10,13H2,1H3,(H2,16,17,18). The lowest BCUT2D eigenvalue weighted by molar-refractivity contribution is 0.552. The summed E-state index contributed by atoms with van der Waals surface area (Å²) in [5.74, 6) is 0. The van der Waals surface area contributed by atoms with Crippen molar-refractivity contribution in [1.29, 1.82) is 0 Å². The van der Waals surface area contributed by atoms with Gasteiger partial charge in [-0.25, -0.2) is 13.6 Å². The van der Waals surface area contributed by atoms with E-state index in [4.69, 9.17) is 5.14 Å². The molecule has 108 valence electrons. The van der Waals surface area contributed by atoms with Gasteiger partial charge in [0.05, 0.1) is 0 Å². The third kappa shape index (κ3) is 6.21. The summed E-state index contributed by atoms with van der Waals surface area (Å²) in [4.78, 5) is 0. The highest BCUT2D eigenvalue weighted by atomic mass is 32.2. The van der Waals surface area contributed by atoms with Crippen LogP contribution in [0.5, 0.6) is 0 Å². The summed E-state index contributed by atoms with van der Waals surface area (Å²) in [6.07, 6.45) is 7.52. The van der Waals surface area contributed by atoms with Crippen molar-refractivity contribution in [3.05, 3.63) is 35.9 Å². The van der Waals surface area contributed by atoms with E-state index >= 15 is 0 Å². The van der Waals surface area contributed by atoms with Crippen LogP contribution in [0.25, 0.3) is 0 Å². The maximum atomic E-state index is 11.7.